The van der Waals surface area contributed by atoms with E-state index in [1.165, 1.54) is 12.1 Å². The van der Waals surface area contributed by atoms with Crippen LogP contribution in [0.25, 0.3) is 0 Å². The maximum absolute atomic E-state index is 10.00. The van der Waals surface area contributed by atoms with Crippen LogP contribution < -0.4 is 0 Å². The fraction of sp³-hybridized carbons (Fsp3) is 0.333. The molecule has 0 N–H and O–H groups in total. The normalized spacial score (nSPS) is 9.38. The van der Waals surface area contributed by atoms with Crippen molar-refractivity contribution in [2.45, 2.75) is 19.8 Å². The molecule has 1 heterocycles. The van der Waals surface area contributed by atoms with Crippen molar-refractivity contribution in [3.8, 4) is 0 Å². The summed E-state index contributed by atoms with van der Waals surface area (Å²) in [6, 6.07) is 3.27. The minimum absolute atomic E-state index is 0.361. The molecule has 0 unspecified atom stereocenters. The van der Waals surface area contributed by atoms with Crippen LogP contribution in [0.3, 0.4) is 0 Å². The summed E-state index contributed by atoms with van der Waals surface area (Å²) in [5.74, 6) is 0. The molecule has 1 aromatic heterocycles. The summed E-state index contributed by atoms with van der Waals surface area (Å²) in [6.07, 6.45) is 3.29. The molecule has 3 nitrogen and oxygen atoms in total. The van der Waals surface area contributed by atoms with E-state index in [0.717, 1.165) is 18.5 Å². The van der Waals surface area contributed by atoms with Gasteiger partial charge in [-0.05, 0) is 12.5 Å². The van der Waals surface area contributed by atoms with Gasteiger partial charge >= 0.3 is 0 Å². The van der Waals surface area contributed by atoms with Gasteiger partial charge in [-0.3, -0.25) is 0 Å². The lowest BCUT2D eigenvalue weighted by Crippen LogP contribution is -1.88. The molecule has 0 aromatic carbocycles. The number of aliphatic imine (C=N–C) groups is 1. The molecule has 0 aliphatic heterocycles. The van der Waals surface area contributed by atoms with Crippen molar-refractivity contribution < 1.29 is 4.79 Å². The maximum Gasteiger partial charge on any atom is 0.240 e. The van der Waals surface area contributed by atoms with E-state index < -0.39 is 0 Å². The minimum atomic E-state index is 0.361. The van der Waals surface area contributed by atoms with Crippen LogP contribution in [-0.4, -0.2) is 11.1 Å². The van der Waals surface area contributed by atoms with E-state index >= 15 is 0 Å². The highest BCUT2D eigenvalue weighted by atomic mass is 35.5. The number of nitrogens with zero attached hydrogens (tertiary/aromatic N) is 2. The Kier molecular flexibility index (Phi) is 3.62. The molecular formula is C9H9ClN2O. The largest absolute Gasteiger partial charge is 0.241 e. The van der Waals surface area contributed by atoms with Crippen LogP contribution in [0.5, 0.6) is 0 Å². The van der Waals surface area contributed by atoms with Gasteiger partial charge in [-0.25, -0.2) is 9.78 Å². The third kappa shape index (κ3) is 2.98. The first-order chi connectivity index (χ1) is 6.26. The van der Waals surface area contributed by atoms with Gasteiger partial charge in [0.1, 0.15) is 5.15 Å². The molecule has 0 atom stereocenters. The summed E-state index contributed by atoms with van der Waals surface area (Å²) in [7, 11) is 0. The number of hydrogen-bond acceptors (Lipinski definition) is 3. The number of aryl methyl sites for hydroxylation is 1. The Morgan fingerprint density at radius 3 is 3.00 bits per heavy atom. The number of hydrogen-bond donors (Lipinski definition) is 0. The molecule has 0 saturated heterocycles. The molecule has 0 radical (unpaired) electrons. The quantitative estimate of drug-likeness (QED) is 0.424. The van der Waals surface area contributed by atoms with E-state index in [1.807, 2.05) is 6.92 Å². The SMILES string of the molecule is CCCc1cc(N=C=O)cc(Cl)n1. The molecule has 1 rings (SSSR count). The van der Waals surface area contributed by atoms with E-state index in [9.17, 15) is 4.79 Å². The third-order valence-electron chi connectivity index (χ3n) is 1.51. The van der Waals surface area contributed by atoms with Crippen molar-refractivity contribution in [1.29, 1.82) is 0 Å². The fourth-order valence-corrected chi connectivity index (χ4v) is 1.26. The van der Waals surface area contributed by atoms with Crippen molar-refractivity contribution in [1.82, 2.24) is 4.98 Å². The molecule has 4 heteroatoms. The maximum atomic E-state index is 10.00. The zero-order valence-electron chi connectivity index (χ0n) is 7.25. The second-order valence-electron chi connectivity index (χ2n) is 2.59. The Balaban J connectivity index is 3.03. The van der Waals surface area contributed by atoms with Crippen LogP contribution in [0.2, 0.25) is 5.15 Å². The minimum Gasteiger partial charge on any atom is -0.241 e. The zero-order chi connectivity index (χ0) is 9.68. The van der Waals surface area contributed by atoms with Gasteiger partial charge in [-0.2, -0.15) is 4.99 Å². The van der Waals surface area contributed by atoms with Gasteiger partial charge in [0.25, 0.3) is 0 Å². The molecule has 0 bridgehead atoms. The van der Waals surface area contributed by atoms with E-state index in [2.05, 4.69) is 9.98 Å². The zero-order valence-corrected chi connectivity index (χ0v) is 8.01. The van der Waals surface area contributed by atoms with Gasteiger partial charge < -0.3 is 0 Å². The average molecular weight is 197 g/mol. The van der Waals surface area contributed by atoms with Crippen LogP contribution in [0.1, 0.15) is 19.0 Å². The fourth-order valence-electron chi connectivity index (χ4n) is 1.04. The van der Waals surface area contributed by atoms with E-state index in [4.69, 9.17) is 11.6 Å². The summed E-state index contributed by atoms with van der Waals surface area (Å²) >= 11 is 5.72. The lowest BCUT2D eigenvalue weighted by molar-refractivity contribution is 0.565. The molecule has 1 aromatic rings. The van der Waals surface area contributed by atoms with Crippen LogP contribution in [-0.2, 0) is 11.2 Å². The Bertz CT molecular complexity index is 345. The summed E-state index contributed by atoms with van der Waals surface area (Å²) in [4.78, 5) is 17.6. The lowest BCUT2D eigenvalue weighted by atomic mass is 10.2. The number of halogens is 1. The van der Waals surface area contributed by atoms with Gasteiger partial charge in [0.05, 0.1) is 5.69 Å². The summed E-state index contributed by atoms with van der Waals surface area (Å²) in [5.41, 5.74) is 1.36. The second-order valence-corrected chi connectivity index (χ2v) is 2.98. The number of carbonyl (C=O) groups excluding carboxylic acids is 1. The molecule has 0 aliphatic carbocycles. The smallest absolute Gasteiger partial charge is 0.240 e. The van der Waals surface area contributed by atoms with Crippen molar-refractivity contribution in [2.24, 2.45) is 4.99 Å². The lowest BCUT2D eigenvalue weighted by Gasteiger charge is -1.99. The summed E-state index contributed by atoms with van der Waals surface area (Å²) in [6.45, 7) is 2.05. The molecule has 0 aliphatic rings. The Morgan fingerprint density at radius 2 is 2.38 bits per heavy atom. The van der Waals surface area contributed by atoms with Gasteiger partial charge in [0.15, 0.2) is 0 Å². The van der Waals surface area contributed by atoms with Gasteiger partial charge in [-0.1, -0.05) is 24.9 Å². The highest BCUT2D eigenvalue weighted by molar-refractivity contribution is 6.29. The van der Waals surface area contributed by atoms with Crippen molar-refractivity contribution >= 4 is 23.4 Å². The molecule has 0 amide bonds. The van der Waals surface area contributed by atoms with Gasteiger partial charge in [0, 0.05) is 11.8 Å². The van der Waals surface area contributed by atoms with Gasteiger partial charge in [0.2, 0.25) is 6.08 Å². The number of aromatic nitrogens is 1. The van der Waals surface area contributed by atoms with Crippen LogP contribution in [0.15, 0.2) is 17.1 Å². The van der Waals surface area contributed by atoms with Crippen LogP contribution in [0.4, 0.5) is 5.69 Å². The number of isocyanates is 1. The number of pyridine rings is 1. The topological polar surface area (TPSA) is 42.3 Å². The Morgan fingerprint density at radius 1 is 1.62 bits per heavy atom. The molecular weight excluding hydrogens is 188 g/mol. The molecule has 13 heavy (non-hydrogen) atoms. The highest BCUT2D eigenvalue weighted by Gasteiger charge is 1.99. The van der Waals surface area contributed by atoms with E-state index in [1.54, 1.807) is 6.07 Å². The van der Waals surface area contributed by atoms with Crippen molar-refractivity contribution in [3.05, 3.63) is 23.0 Å². The molecule has 0 saturated carbocycles. The van der Waals surface area contributed by atoms with E-state index in [0.29, 0.717) is 10.8 Å². The monoisotopic (exact) mass is 196 g/mol. The third-order valence-corrected chi connectivity index (χ3v) is 1.71. The first-order valence-electron chi connectivity index (χ1n) is 4.00. The van der Waals surface area contributed by atoms with Crippen molar-refractivity contribution in [3.63, 3.8) is 0 Å². The van der Waals surface area contributed by atoms with Gasteiger partial charge in [-0.15, -0.1) is 0 Å². The van der Waals surface area contributed by atoms with Crippen molar-refractivity contribution in [2.75, 3.05) is 0 Å². The van der Waals surface area contributed by atoms with E-state index in [-0.39, 0.29) is 0 Å². The first-order valence-corrected chi connectivity index (χ1v) is 4.38. The average Bonchev–Trinajstić information content (AvgIpc) is 2.04. The Hall–Kier alpha value is -1.18. The second kappa shape index (κ2) is 4.75. The number of rotatable bonds is 3. The standard InChI is InChI=1S/C9H9ClN2O/c1-2-3-7-4-8(11-6-13)5-9(10)12-7/h4-5H,2-3H2,1H3. The predicted octanol–water partition coefficient (Wildman–Crippen LogP) is 2.65. The summed E-state index contributed by atoms with van der Waals surface area (Å²) < 4.78 is 0. The molecule has 0 fully saturated rings. The first kappa shape index (κ1) is 9.90. The molecule has 0 spiro atoms. The highest BCUT2D eigenvalue weighted by Crippen LogP contribution is 2.18. The van der Waals surface area contributed by atoms with Crippen LogP contribution in [0, 0.1) is 0 Å². The van der Waals surface area contributed by atoms with Crippen LogP contribution >= 0.6 is 11.6 Å². The summed E-state index contributed by atoms with van der Waals surface area (Å²) in [5, 5.41) is 0.361. The molecule has 68 valence electrons. The predicted molar refractivity (Wildman–Crippen MR) is 51.0 cm³/mol. The Labute approximate surface area is 81.5 Å².